The first-order valence-corrected chi connectivity index (χ1v) is 4.72. The summed E-state index contributed by atoms with van der Waals surface area (Å²) in [6.07, 6.45) is 1.15. The van der Waals surface area contributed by atoms with Gasteiger partial charge in [0.15, 0.2) is 0 Å². The molecule has 72 valence electrons. The van der Waals surface area contributed by atoms with Gasteiger partial charge in [0.2, 0.25) is 0 Å². The smallest absolute Gasteiger partial charge is 0.0997 e. The second-order valence-corrected chi connectivity index (χ2v) is 4.78. The van der Waals surface area contributed by atoms with Gasteiger partial charge in [-0.2, -0.15) is 0 Å². The van der Waals surface area contributed by atoms with Crippen molar-refractivity contribution in [1.82, 2.24) is 0 Å². The number of alkyl halides is 1. The SMILES string of the molecule is CO[C@@H]1[C@@H](Cl)C[C@H]1OC(C)(C)C. The van der Waals surface area contributed by atoms with Gasteiger partial charge in [0.1, 0.15) is 0 Å². The number of rotatable bonds is 2. The Morgan fingerprint density at radius 1 is 1.33 bits per heavy atom. The fraction of sp³-hybridized carbons (Fsp3) is 1.00. The lowest BCUT2D eigenvalue weighted by molar-refractivity contribution is -0.160. The van der Waals surface area contributed by atoms with E-state index in [-0.39, 0.29) is 23.2 Å². The number of hydrogen-bond donors (Lipinski definition) is 0. The first kappa shape index (κ1) is 10.3. The lowest BCUT2D eigenvalue weighted by atomic mass is 9.90. The van der Waals surface area contributed by atoms with E-state index in [1.54, 1.807) is 7.11 Å². The monoisotopic (exact) mass is 192 g/mol. The van der Waals surface area contributed by atoms with Crippen LogP contribution in [0.25, 0.3) is 0 Å². The summed E-state index contributed by atoms with van der Waals surface area (Å²) in [6.45, 7) is 6.13. The molecule has 1 saturated carbocycles. The average Bonchev–Trinajstić information content (AvgIpc) is 1.84. The number of methoxy groups -OCH3 is 1. The molecule has 0 amide bonds. The van der Waals surface area contributed by atoms with Gasteiger partial charge in [-0.05, 0) is 27.2 Å². The lowest BCUT2D eigenvalue weighted by Crippen LogP contribution is -2.52. The molecule has 0 aromatic heterocycles. The van der Waals surface area contributed by atoms with Crippen molar-refractivity contribution in [1.29, 1.82) is 0 Å². The lowest BCUT2D eigenvalue weighted by Gasteiger charge is -2.43. The zero-order valence-corrected chi connectivity index (χ0v) is 8.89. The van der Waals surface area contributed by atoms with Crippen molar-refractivity contribution in [2.45, 2.75) is 50.4 Å². The van der Waals surface area contributed by atoms with Gasteiger partial charge in [0, 0.05) is 7.11 Å². The average molecular weight is 193 g/mol. The van der Waals surface area contributed by atoms with Gasteiger partial charge in [-0.15, -0.1) is 11.6 Å². The van der Waals surface area contributed by atoms with Crippen LogP contribution < -0.4 is 0 Å². The molecule has 1 aliphatic rings. The topological polar surface area (TPSA) is 18.5 Å². The predicted molar refractivity (Wildman–Crippen MR) is 49.7 cm³/mol. The van der Waals surface area contributed by atoms with E-state index in [9.17, 15) is 0 Å². The molecule has 1 aliphatic carbocycles. The molecule has 3 atom stereocenters. The van der Waals surface area contributed by atoms with E-state index in [2.05, 4.69) is 0 Å². The maximum absolute atomic E-state index is 5.93. The van der Waals surface area contributed by atoms with Crippen LogP contribution in [-0.2, 0) is 9.47 Å². The molecule has 0 bridgehead atoms. The minimum atomic E-state index is -0.0987. The highest BCUT2D eigenvalue weighted by Crippen LogP contribution is 2.33. The molecule has 0 aromatic rings. The first-order valence-electron chi connectivity index (χ1n) is 4.29. The summed E-state index contributed by atoms with van der Waals surface area (Å²) in [5.74, 6) is 0. The Kier molecular flexibility index (Phi) is 3.02. The van der Waals surface area contributed by atoms with Gasteiger partial charge in [0.25, 0.3) is 0 Å². The molecule has 1 rings (SSSR count). The van der Waals surface area contributed by atoms with Crippen molar-refractivity contribution in [2.24, 2.45) is 0 Å². The summed E-state index contributed by atoms with van der Waals surface area (Å²) in [6, 6.07) is 0. The molecule has 0 aliphatic heterocycles. The summed E-state index contributed by atoms with van der Waals surface area (Å²) < 4.78 is 10.9. The molecule has 0 aromatic carbocycles. The van der Waals surface area contributed by atoms with Gasteiger partial charge in [-0.25, -0.2) is 0 Å². The second kappa shape index (κ2) is 3.52. The molecule has 3 heteroatoms. The van der Waals surface area contributed by atoms with Gasteiger partial charge in [-0.3, -0.25) is 0 Å². The summed E-state index contributed by atoms with van der Waals surface area (Å²) >= 11 is 5.93. The molecule has 1 fully saturated rings. The van der Waals surface area contributed by atoms with E-state index in [1.807, 2.05) is 20.8 Å². The highest BCUT2D eigenvalue weighted by atomic mass is 35.5. The van der Waals surface area contributed by atoms with Crippen LogP contribution in [0, 0.1) is 0 Å². The summed E-state index contributed by atoms with van der Waals surface area (Å²) in [5, 5.41) is 0.127. The van der Waals surface area contributed by atoms with Crippen molar-refractivity contribution in [3.05, 3.63) is 0 Å². The third kappa shape index (κ3) is 2.35. The molecular weight excluding hydrogens is 176 g/mol. The quantitative estimate of drug-likeness (QED) is 0.625. The van der Waals surface area contributed by atoms with Crippen molar-refractivity contribution < 1.29 is 9.47 Å². The van der Waals surface area contributed by atoms with Gasteiger partial charge in [-0.1, -0.05) is 0 Å². The third-order valence-electron chi connectivity index (χ3n) is 1.96. The Morgan fingerprint density at radius 2 is 1.92 bits per heavy atom. The largest absolute Gasteiger partial charge is 0.377 e. The van der Waals surface area contributed by atoms with Crippen LogP contribution in [0.1, 0.15) is 27.2 Å². The van der Waals surface area contributed by atoms with Crippen LogP contribution in [0.15, 0.2) is 0 Å². The Morgan fingerprint density at radius 3 is 2.25 bits per heavy atom. The minimum Gasteiger partial charge on any atom is -0.377 e. The fourth-order valence-corrected chi connectivity index (χ4v) is 1.84. The summed E-state index contributed by atoms with van der Waals surface area (Å²) in [4.78, 5) is 0. The molecule has 0 heterocycles. The molecule has 0 spiro atoms. The van der Waals surface area contributed by atoms with Gasteiger partial charge < -0.3 is 9.47 Å². The van der Waals surface area contributed by atoms with Gasteiger partial charge in [0.05, 0.1) is 23.2 Å². The van der Waals surface area contributed by atoms with Gasteiger partial charge >= 0.3 is 0 Å². The molecule has 0 radical (unpaired) electrons. The maximum Gasteiger partial charge on any atom is 0.0997 e. The first-order chi connectivity index (χ1) is 5.44. The van der Waals surface area contributed by atoms with E-state index in [0.717, 1.165) is 6.42 Å². The highest BCUT2D eigenvalue weighted by molar-refractivity contribution is 6.21. The Hall–Kier alpha value is 0.210. The minimum absolute atomic E-state index is 0.0749. The third-order valence-corrected chi connectivity index (χ3v) is 2.38. The van der Waals surface area contributed by atoms with Crippen LogP contribution in [0.2, 0.25) is 0 Å². The Bertz CT molecular complexity index is 153. The molecule has 12 heavy (non-hydrogen) atoms. The summed E-state index contributed by atoms with van der Waals surface area (Å²) in [7, 11) is 1.68. The Labute approximate surface area is 79.2 Å². The number of halogens is 1. The predicted octanol–water partition coefficient (Wildman–Crippen LogP) is 2.20. The molecule has 0 saturated heterocycles. The van der Waals surface area contributed by atoms with Crippen LogP contribution in [0.5, 0.6) is 0 Å². The van der Waals surface area contributed by atoms with Crippen LogP contribution in [0.4, 0.5) is 0 Å². The normalized spacial score (nSPS) is 36.2. The van der Waals surface area contributed by atoms with Crippen molar-refractivity contribution in [2.75, 3.05) is 7.11 Å². The van der Waals surface area contributed by atoms with Crippen LogP contribution in [-0.4, -0.2) is 30.3 Å². The van der Waals surface area contributed by atoms with Crippen molar-refractivity contribution in [3.8, 4) is 0 Å². The van der Waals surface area contributed by atoms with E-state index in [4.69, 9.17) is 21.1 Å². The molecule has 0 N–H and O–H groups in total. The Balaban J connectivity index is 2.36. The zero-order chi connectivity index (χ0) is 9.35. The van der Waals surface area contributed by atoms with Crippen LogP contribution in [0.3, 0.4) is 0 Å². The molecule has 2 nitrogen and oxygen atoms in total. The van der Waals surface area contributed by atoms with E-state index < -0.39 is 0 Å². The van der Waals surface area contributed by atoms with E-state index >= 15 is 0 Å². The van der Waals surface area contributed by atoms with Crippen molar-refractivity contribution in [3.63, 3.8) is 0 Å². The molecular formula is C9H17ClO2. The zero-order valence-electron chi connectivity index (χ0n) is 8.13. The summed E-state index contributed by atoms with van der Waals surface area (Å²) in [5.41, 5.74) is -0.0987. The standard InChI is InChI=1S/C9H17ClO2/c1-9(2,3)12-7-5-6(10)8(7)11-4/h6-8H,5H2,1-4H3/t6-,7+,8+/m0/s1. The second-order valence-electron chi connectivity index (χ2n) is 4.22. The van der Waals surface area contributed by atoms with E-state index in [1.165, 1.54) is 0 Å². The van der Waals surface area contributed by atoms with Crippen molar-refractivity contribution >= 4 is 11.6 Å². The number of ether oxygens (including phenoxy) is 2. The van der Waals surface area contributed by atoms with E-state index in [0.29, 0.717) is 0 Å². The highest BCUT2D eigenvalue weighted by Gasteiger charge is 2.42. The fourth-order valence-electron chi connectivity index (χ4n) is 1.40. The van der Waals surface area contributed by atoms with Crippen LogP contribution >= 0.6 is 11.6 Å². The number of hydrogen-bond acceptors (Lipinski definition) is 2. The molecule has 0 unspecified atom stereocenters. The maximum atomic E-state index is 5.93.